The van der Waals surface area contributed by atoms with E-state index in [9.17, 15) is 4.79 Å². The number of guanidine groups is 1. The van der Waals surface area contributed by atoms with E-state index in [2.05, 4.69) is 5.16 Å². The summed E-state index contributed by atoms with van der Waals surface area (Å²) in [6, 6.07) is 0. The predicted molar refractivity (Wildman–Crippen MR) is 49.1 cm³/mol. The van der Waals surface area contributed by atoms with Crippen molar-refractivity contribution < 1.29 is 10.0 Å². The highest BCUT2D eigenvalue weighted by molar-refractivity contribution is 5.84. The van der Waals surface area contributed by atoms with E-state index in [1.165, 1.54) is 4.90 Å². The fraction of sp³-hybridized carbons (Fsp3) is 0.714. The zero-order valence-electron chi connectivity index (χ0n) is 7.73. The number of oxime groups is 1. The summed E-state index contributed by atoms with van der Waals surface area (Å²) in [6.07, 6.45) is 1.83. The Kier molecular flexibility index (Phi) is 5.42. The minimum absolute atomic E-state index is 0.0180. The average Bonchev–Trinajstić information content (AvgIpc) is 2.10. The first-order chi connectivity index (χ1) is 6.11. The highest BCUT2D eigenvalue weighted by atomic mass is 16.4. The topological polar surface area (TPSA) is 105 Å². The molecule has 0 saturated carbocycles. The lowest BCUT2D eigenvalue weighted by atomic mass is 10.3. The number of unbranched alkanes of at least 4 members (excludes halogenated alkanes) is 1. The third kappa shape index (κ3) is 4.89. The van der Waals surface area contributed by atoms with Crippen molar-refractivity contribution in [2.45, 2.75) is 19.8 Å². The Hall–Kier alpha value is -1.46. The van der Waals surface area contributed by atoms with E-state index in [4.69, 9.17) is 16.7 Å². The summed E-state index contributed by atoms with van der Waals surface area (Å²) in [5.41, 5.74) is 10.3. The predicted octanol–water partition coefficient (Wildman–Crippen LogP) is -0.722. The molecule has 0 atom stereocenters. The minimum atomic E-state index is -0.497. The normalized spacial score (nSPS) is 11.3. The number of amides is 1. The maximum atomic E-state index is 10.6. The van der Waals surface area contributed by atoms with E-state index in [0.29, 0.717) is 6.54 Å². The second kappa shape index (κ2) is 6.10. The van der Waals surface area contributed by atoms with Gasteiger partial charge in [-0.05, 0) is 6.42 Å². The van der Waals surface area contributed by atoms with Crippen LogP contribution in [0.5, 0.6) is 0 Å². The van der Waals surface area contributed by atoms with Gasteiger partial charge in [0.05, 0.1) is 6.54 Å². The van der Waals surface area contributed by atoms with Gasteiger partial charge in [0.1, 0.15) is 0 Å². The molecule has 0 aromatic heterocycles. The summed E-state index contributed by atoms with van der Waals surface area (Å²) in [5, 5.41) is 11.2. The van der Waals surface area contributed by atoms with Crippen molar-refractivity contribution in [3.63, 3.8) is 0 Å². The largest absolute Gasteiger partial charge is 0.408 e. The van der Waals surface area contributed by atoms with Gasteiger partial charge in [-0.25, -0.2) is 0 Å². The number of nitrogens with zero attached hydrogens (tertiary/aromatic N) is 2. The molecule has 13 heavy (non-hydrogen) atoms. The van der Waals surface area contributed by atoms with Crippen molar-refractivity contribution in [2.24, 2.45) is 16.6 Å². The molecule has 0 aliphatic heterocycles. The van der Waals surface area contributed by atoms with Crippen molar-refractivity contribution in [2.75, 3.05) is 13.1 Å². The molecule has 0 aromatic rings. The Bertz CT molecular complexity index is 193. The van der Waals surface area contributed by atoms with Gasteiger partial charge >= 0.3 is 0 Å². The summed E-state index contributed by atoms with van der Waals surface area (Å²) >= 11 is 0. The Morgan fingerprint density at radius 1 is 1.54 bits per heavy atom. The van der Waals surface area contributed by atoms with Gasteiger partial charge < -0.3 is 21.6 Å². The van der Waals surface area contributed by atoms with E-state index in [0.717, 1.165) is 12.8 Å². The maximum Gasteiger partial charge on any atom is 0.237 e. The third-order valence-corrected chi connectivity index (χ3v) is 1.55. The molecule has 5 N–H and O–H groups in total. The molecule has 0 aliphatic carbocycles. The van der Waals surface area contributed by atoms with E-state index in [1.54, 1.807) is 0 Å². The van der Waals surface area contributed by atoms with Crippen LogP contribution in [0.4, 0.5) is 0 Å². The molecule has 6 nitrogen and oxygen atoms in total. The lowest BCUT2D eigenvalue weighted by molar-refractivity contribution is -0.118. The number of primary amides is 1. The van der Waals surface area contributed by atoms with Crippen molar-refractivity contribution in [1.29, 1.82) is 0 Å². The first-order valence-corrected chi connectivity index (χ1v) is 4.12. The van der Waals surface area contributed by atoms with Crippen LogP contribution >= 0.6 is 0 Å². The summed E-state index contributed by atoms with van der Waals surface area (Å²) < 4.78 is 0. The first-order valence-electron chi connectivity index (χ1n) is 4.12. The smallest absolute Gasteiger partial charge is 0.237 e. The molecule has 0 aliphatic rings. The molecule has 0 fully saturated rings. The molecule has 6 heteroatoms. The van der Waals surface area contributed by atoms with Gasteiger partial charge in [-0.15, -0.1) is 0 Å². The fourth-order valence-corrected chi connectivity index (χ4v) is 0.875. The number of carbonyl (C=O) groups excluding carboxylic acids is 1. The van der Waals surface area contributed by atoms with Crippen LogP contribution in [-0.4, -0.2) is 35.1 Å². The molecule has 0 radical (unpaired) electrons. The number of carbonyl (C=O) groups is 1. The molecule has 0 unspecified atom stereocenters. The van der Waals surface area contributed by atoms with Gasteiger partial charge in [-0.1, -0.05) is 18.5 Å². The fourth-order valence-electron chi connectivity index (χ4n) is 0.875. The van der Waals surface area contributed by atoms with Gasteiger partial charge in [0.15, 0.2) is 0 Å². The van der Waals surface area contributed by atoms with Crippen molar-refractivity contribution in [3.8, 4) is 0 Å². The molecule has 1 amide bonds. The van der Waals surface area contributed by atoms with E-state index in [1.807, 2.05) is 6.92 Å². The Balaban J connectivity index is 4.10. The van der Waals surface area contributed by atoms with Crippen LogP contribution in [0.1, 0.15) is 19.8 Å². The molecule has 0 aromatic carbocycles. The molecule has 0 saturated heterocycles. The van der Waals surface area contributed by atoms with E-state index >= 15 is 0 Å². The van der Waals surface area contributed by atoms with Crippen molar-refractivity contribution >= 4 is 11.9 Å². The van der Waals surface area contributed by atoms with Gasteiger partial charge in [0.25, 0.3) is 0 Å². The quantitative estimate of drug-likeness (QED) is 0.229. The highest BCUT2D eigenvalue weighted by Crippen LogP contribution is 1.93. The van der Waals surface area contributed by atoms with E-state index < -0.39 is 5.91 Å². The number of hydrogen-bond acceptors (Lipinski definition) is 3. The second-order valence-corrected chi connectivity index (χ2v) is 2.70. The summed E-state index contributed by atoms with van der Waals surface area (Å²) in [4.78, 5) is 12.0. The van der Waals surface area contributed by atoms with Crippen molar-refractivity contribution in [1.82, 2.24) is 4.90 Å². The van der Waals surface area contributed by atoms with Gasteiger partial charge in [-0.2, -0.15) is 0 Å². The van der Waals surface area contributed by atoms with Crippen LogP contribution in [0.3, 0.4) is 0 Å². The molecular weight excluding hydrogens is 172 g/mol. The van der Waals surface area contributed by atoms with Crippen molar-refractivity contribution in [3.05, 3.63) is 0 Å². The van der Waals surface area contributed by atoms with Gasteiger partial charge in [0.2, 0.25) is 11.9 Å². The Labute approximate surface area is 77.2 Å². The lowest BCUT2D eigenvalue weighted by Gasteiger charge is -2.20. The van der Waals surface area contributed by atoms with Crippen LogP contribution in [-0.2, 0) is 4.79 Å². The van der Waals surface area contributed by atoms with Gasteiger partial charge in [0, 0.05) is 6.54 Å². The SMILES string of the molecule is CCCCN(CC(N)=O)C(N)=NO. The third-order valence-electron chi connectivity index (χ3n) is 1.55. The number of nitrogens with two attached hydrogens (primary N) is 2. The summed E-state index contributed by atoms with van der Waals surface area (Å²) in [6.45, 7) is 2.56. The standard InChI is InChI=1S/C7H16N4O2/c1-2-3-4-11(5-6(8)12)7(9)10-13/h13H,2-5H2,1H3,(H2,8,12)(H2,9,10). The van der Waals surface area contributed by atoms with Crippen LogP contribution in [0.25, 0.3) is 0 Å². The molecule has 0 bridgehead atoms. The molecule has 0 spiro atoms. The monoisotopic (exact) mass is 188 g/mol. The van der Waals surface area contributed by atoms with E-state index in [-0.39, 0.29) is 12.5 Å². The molecule has 76 valence electrons. The van der Waals surface area contributed by atoms with Crippen LogP contribution in [0.2, 0.25) is 0 Å². The second-order valence-electron chi connectivity index (χ2n) is 2.70. The molecule has 0 heterocycles. The Morgan fingerprint density at radius 2 is 2.15 bits per heavy atom. The average molecular weight is 188 g/mol. The summed E-state index contributed by atoms with van der Waals surface area (Å²) in [7, 11) is 0. The highest BCUT2D eigenvalue weighted by Gasteiger charge is 2.09. The summed E-state index contributed by atoms with van der Waals surface area (Å²) in [5.74, 6) is -0.574. The minimum Gasteiger partial charge on any atom is -0.408 e. The van der Waals surface area contributed by atoms with Crippen LogP contribution in [0.15, 0.2) is 5.16 Å². The zero-order valence-corrected chi connectivity index (χ0v) is 7.73. The van der Waals surface area contributed by atoms with Crippen LogP contribution in [0, 0.1) is 0 Å². The number of rotatable bonds is 5. The molecular formula is C7H16N4O2. The first kappa shape index (κ1) is 11.5. The number of hydrogen-bond donors (Lipinski definition) is 3. The lowest BCUT2D eigenvalue weighted by Crippen LogP contribution is -2.43. The molecule has 0 rings (SSSR count). The zero-order chi connectivity index (χ0) is 10.3. The van der Waals surface area contributed by atoms with Crippen LogP contribution < -0.4 is 11.5 Å². The van der Waals surface area contributed by atoms with Gasteiger partial charge in [-0.3, -0.25) is 4.79 Å². The Morgan fingerprint density at radius 3 is 2.54 bits per heavy atom. The maximum absolute atomic E-state index is 10.6.